The second kappa shape index (κ2) is 7.41. The molecular weight excluding hydrogens is 344 g/mol. The predicted octanol–water partition coefficient (Wildman–Crippen LogP) is 4.49. The van der Waals surface area contributed by atoms with Gasteiger partial charge in [-0.3, -0.25) is 4.79 Å². The molecule has 0 N–H and O–H groups in total. The molecule has 0 aromatic heterocycles. The lowest BCUT2D eigenvalue weighted by Crippen LogP contribution is -2.15. The summed E-state index contributed by atoms with van der Waals surface area (Å²) in [7, 11) is 1.62. The molecule has 1 heterocycles. The zero-order valence-electron chi connectivity index (χ0n) is 14.8. The minimum Gasteiger partial charge on any atom is -0.497 e. The van der Waals surface area contributed by atoms with Crippen LogP contribution in [0.4, 0.5) is 0 Å². The van der Waals surface area contributed by atoms with Crippen molar-refractivity contribution >= 4 is 5.78 Å². The van der Waals surface area contributed by atoms with E-state index < -0.39 is 0 Å². The number of carbonyl (C=O) groups excluding carboxylic acids is 1. The molecular formula is C22H18O5. The Hall–Kier alpha value is -3.47. The maximum atomic E-state index is 12.7. The summed E-state index contributed by atoms with van der Waals surface area (Å²) >= 11 is 0. The highest BCUT2D eigenvalue weighted by atomic mass is 16.6. The van der Waals surface area contributed by atoms with Gasteiger partial charge in [-0.05, 0) is 66.7 Å². The molecule has 0 unspecified atom stereocenters. The summed E-state index contributed by atoms with van der Waals surface area (Å²) in [5, 5.41) is 0. The summed E-state index contributed by atoms with van der Waals surface area (Å²) in [6.45, 7) is 1.01. The van der Waals surface area contributed by atoms with Crippen molar-refractivity contribution in [1.29, 1.82) is 0 Å². The van der Waals surface area contributed by atoms with Crippen LogP contribution in [0, 0.1) is 0 Å². The van der Waals surface area contributed by atoms with E-state index in [-0.39, 0.29) is 5.78 Å². The Labute approximate surface area is 157 Å². The monoisotopic (exact) mass is 362 g/mol. The summed E-state index contributed by atoms with van der Waals surface area (Å²) in [4.78, 5) is 12.7. The first kappa shape index (κ1) is 17.0. The lowest BCUT2D eigenvalue weighted by Gasteiger charge is -2.18. The van der Waals surface area contributed by atoms with Crippen molar-refractivity contribution in [2.24, 2.45) is 0 Å². The summed E-state index contributed by atoms with van der Waals surface area (Å²) in [5.41, 5.74) is 1.14. The molecule has 0 saturated carbocycles. The van der Waals surface area contributed by atoms with Crippen molar-refractivity contribution in [2.45, 2.75) is 0 Å². The van der Waals surface area contributed by atoms with Gasteiger partial charge in [0.2, 0.25) is 0 Å². The largest absolute Gasteiger partial charge is 0.497 e. The Bertz CT molecular complexity index is 945. The standard InChI is InChI=1S/C22H18O5/c1-24-17-7-9-19(10-8-17)27-18-5-2-15(3-6-18)22(23)16-4-11-20-21(14-16)26-13-12-25-20/h2-11,14H,12-13H2,1H3. The van der Waals surface area contributed by atoms with Gasteiger partial charge in [-0.2, -0.15) is 0 Å². The molecule has 0 bridgehead atoms. The third-order valence-electron chi connectivity index (χ3n) is 4.22. The van der Waals surface area contributed by atoms with E-state index in [9.17, 15) is 4.79 Å². The molecule has 0 fully saturated rings. The first-order valence-electron chi connectivity index (χ1n) is 8.59. The van der Waals surface area contributed by atoms with Gasteiger partial charge in [0.05, 0.1) is 7.11 Å². The smallest absolute Gasteiger partial charge is 0.193 e. The quantitative estimate of drug-likeness (QED) is 0.626. The van der Waals surface area contributed by atoms with Crippen LogP contribution in [0.5, 0.6) is 28.7 Å². The molecule has 136 valence electrons. The van der Waals surface area contributed by atoms with E-state index >= 15 is 0 Å². The zero-order chi connectivity index (χ0) is 18.6. The Kier molecular flexibility index (Phi) is 4.66. The van der Waals surface area contributed by atoms with Gasteiger partial charge < -0.3 is 18.9 Å². The van der Waals surface area contributed by atoms with Gasteiger partial charge in [-0.25, -0.2) is 0 Å². The molecule has 0 spiro atoms. The third-order valence-corrected chi connectivity index (χ3v) is 4.22. The lowest BCUT2D eigenvalue weighted by molar-refractivity contribution is 0.103. The molecule has 0 amide bonds. The van der Waals surface area contributed by atoms with Gasteiger partial charge in [0, 0.05) is 11.1 Å². The number of carbonyl (C=O) groups is 1. The lowest BCUT2D eigenvalue weighted by atomic mass is 10.0. The molecule has 0 radical (unpaired) electrons. The van der Waals surface area contributed by atoms with Crippen molar-refractivity contribution in [1.82, 2.24) is 0 Å². The summed E-state index contributed by atoms with van der Waals surface area (Å²) in [5.74, 6) is 3.30. The number of hydrogen-bond acceptors (Lipinski definition) is 5. The van der Waals surface area contributed by atoms with Gasteiger partial charge in [0.25, 0.3) is 0 Å². The summed E-state index contributed by atoms with van der Waals surface area (Å²) in [6.07, 6.45) is 0. The topological polar surface area (TPSA) is 54.0 Å². The highest BCUT2D eigenvalue weighted by Crippen LogP contribution is 2.32. The minimum absolute atomic E-state index is 0.0806. The van der Waals surface area contributed by atoms with Crippen molar-refractivity contribution in [3.63, 3.8) is 0 Å². The van der Waals surface area contributed by atoms with Crippen LogP contribution in [0.2, 0.25) is 0 Å². The van der Waals surface area contributed by atoms with Crippen LogP contribution in [0.15, 0.2) is 66.7 Å². The number of rotatable bonds is 5. The normalized spacial score (nSPS) is 12.3. The fourth-order valence-corrected chi connectivity index (χ4v) is 2.81. The average molecular weight is 362 g/mol. The maximum Gasteiger partial charge on any atom is 0.193 e. The van der Waals surface area contributed by atoms with Crippen molar-refractivity contribution in [2.75, 3.05) is 20.3 Å². The number of methoxy groups -OCH3 is 1. The second-order valence-electron chi connectivity index (χ2n) is 5.99. The number of fused-ring (bicyclic) bond motifs is 1. The van der Waals surface area contributed by atoms with Gasteiger partial charge in [-0.15, -0.1) is 0 Å². The van der Waals surface area contributed by atoms with Crippen LogP contribution in [0.25, 0.3) is 0 Å². The van der Waals surface area contributed by atoms with Crippen LogP contribution >= 0.6 is 0 Å². The number of benzene rings is 3. The van der Waals surface area contributed by atoms with Gasteiger partial charge >= 0.3 is 0 Å². The highest BCUT2D eigenvalue weighted by molar-refractivity contribution is 6.09. The minimum atomic E-state index is -0.0806. The Morgan fingerprint density at radius 1 is 0.741 bits per heavy atom. The van der Waals surface area contributed by atoms with Gasteiger partial charge in [0.1, 0.15) is 30.5 Å². The number of ether oxygens (including phenoxy) is 4. The van der Waals surface area contributed by atoms with Crippen LogP contribution in [0.1, 0.15) is 15.9 Å². The molecule has 0 saturated heterocycles. The predicted molar refractivity (Wildman–Crippen MR) is 100 cm³/mol. The van der Waals surface area contributed by atoms with Crippen molar-refractivity contribution in [3.05, 3.63) is 77.9 Å². The van der Waals surface area contributed by atoms with E-state index in [4.69, 9.17) is 18.9 Å². The maximum absolute atomic E-state index is 12.7. The summed E-state index contributed by atoms with van der Waals surface area (Å²) in [6, 6.07) is 19.6. The highest BCUT2D eigenvalue weighted by Gasteiger charge is 2.16. The van der Waals surface area contributed by atoms with Crippen LogP contribution in [-0.2, 0) is 0 Å². The fraction of sp³-hybridized carbons (Fsp3) is 0.136. The molecule has 4 rings (SSSR count). The number of hydrogen-bond donors (Lipinski definition) is 0. The van der Waals surface area contributed by atoms with E-state index in [1.165, 1.54) is 0 Å². The van der Waals surface area contributed by atoms with E-state index in [2.05, 4.69) is 0 Å². The molecule has 3 aromatic rings. The van der Waals surface area contributed by atoms with Crippen LogP contribution in [-0.4, -0.2) is 26.1 Å². The zero-order valence-corrected chi connectivity index (χ0v) is 14.8. The SMILES string of the molecule is COc1ccc(Oc2ccc(C(=O)c3ccc4c(c3)OCCO4)cc2)cc1. The van der Waals surface area contributed by atoms with E-state index in [1.807, 2.05) is 24.3 Å². The summed E-state index contributed by atoms with van der Waals surface area (Å²) < 4.78 is 22.0. The van der Waals surface area contributed by atoms with E-state index in [1.54, 1.807) is 49.6 Å². The molecule has 27 heavy (non-hydrogen) atoms. The molecule has 1 aliphatic rings. The van der Waals surface area contributed by atoms with Crippen molar-refractivity contribution < 1.29 is 23.7 Å². The molecule has 5 heteroatoms. The average Bonchev–Trinajstić information content (AvgIpc) is 2.74. The third kappa shape index (κ3) is 3.72. The first-order chi connectivity index (χ1) is 13.2. The molecule has 0 aliphatic carbocycles. The molecule has 3 aromatic carbocycles. The Balaban J connectivity index is 1.48. The van der Waals surface area contributed by atoms with E-state index in [0.717, 1.165) is 5.75 Å². The molecule has 1 aliphatic heterocycles. The molecule has 0 atom stereocenters. The second-order valence-corrected chi connectivity index (χ2v) is 5.99. The first-order valence-corrected chi connectivity index (χ1v) is 8.59. The van der Waals surface area contributed by atoms with E-state index in [0.29, 0.717) is 47.3 Å². The fourth-order valence-electron chi connectivity index (χ4n) is 2.81. The van der Waals surface area contributed by atoms with Crippen LogP contribution in [0.3, 0.4) is 0 Å². The molecule has 5 nitrogen and oxygen atoms in total. The van der Waals surface area contributed by atoms with Gasteiger partial charge in [0.15, 0.2) is 17.3 Å². The number of ketones is 1. The Morgan fingerprint density at radius 3 is 1.96 bits per heavy atom. The van der Waals surface area contributed by atoms with Crippen molar-refractivity contribution in [3.8, 4) is 28.7 Å². The Morgan fingerprint density at radius 2 is 1.30 bits per heavy atom. The van der Waals surface area contributed by atoms with Gasteiger partial charge in [-0.1, -0.05) is 0 Å². The van der Waals surface area contributed by atoms with Crippen LogP contribution < -0.4 is 18.9 Å².